The van der Waals surface area contributed by atoms with Crippen molar-refractivity contribution < 1.29 is 9.18 Å². The van der Waals surface area contributed by atoms with Gasteiger partial charge in [0.25, 0.3) is 5.91 Å². The van der Waals surface area contributed by atoms with Gasteiger partial charge in [0.2, 0.25) is 5.95 Å². The predicted molar refractivity (Wildman–Crippen MR) is 147 cm³/mol. The average molecular weight is 502 g/mol. The van der Waals surface area contributed by atoms with Crippen molar-refractivity contribution in [2.75, 3.05) is 5.32 Å². The highest BCUT2D eigenvalue weighted by Crippen LogP contribution is 2.25. The summed E-state index contributed by atoms with van der Waals surface area (Å²) < 4.78 is 18.1. The first-order valence-corrected chi connectivity index (χ1v) is 12.3. The molecule has 4 aromatic carbocycles. The van der Waals surface area contributed by atoms with Crippen LogP contribution in [0.2, 0.25) is 0 Å². The normalized spacial score (nSPS) is 11.1. The molecule has 0 spiro atoms. The largest absolute Gasteiger partial charge is 0.306 e. The van der Waals surface area contributed by atoms with Crippen LogP contribution >= 0.6 is 0 Å². The zero-order valence-electron chi connectivity index (χ0n) is 20.7. The number of halogens is 1. The highest BCUT2D eigenvalue weighted by atomic mass is 19.1. The zero-order chi connectivity index (χ0) is 26.1. The Balaban J connectivity index is 1.35. The third-order valence-corrected chi connectivity index (χ3v) is 6.44. The maximum Gasteiger partial charge on any atom is 0.256 e. The van der Waals surface area contributed by atoms with Gasteiger partial charge in [0, 0.05) is 17.2 Å². The molecule has 7 heteroatoms. The number of para-hydroxylation sites is 2. The standard InChI is InChI=1S/C31H24FN5O/c1-21-19-29(34-30(38)24-17-15-23(16-18-24)22-9-3-2-4-10-22)37(35-21)31-33-27-13-7-8-14-28(27)36(31)20-25-11-5-6-12-26(25)32/h2-19H,20H2,1H3,(H,34,38). The number of carbonyl (C=O) groups is 1. The molecule has 6 nitrogen and oxygen atoms in total. The number of aromatic nitrogens is 4. The van der Waals surface area contributed by atoms with Crippen LogP contribution in [0.15, 0.2) is 109 Å². The molecule has 1 N–H and O–H groups in total. The van der Waals surface area contributed by atoms with Crippen molar-refractivity contribution in [2.24, 2.45) is 0 Å². The van der Waals surface area contributed by atoms with Gasteiger partial charge >= 0.3 is 0 Å². The van der Waals surface area contributed by atoms with Crippen molar-refractivity contribution in [1.29, 1.82) is 0 Å². The van der Waals surface area contributed by atoms with E-state index in [-0.39, 0.29) is 18.3 Å². The lowest BCUT2D eigenvalue weighted by Crippen LogP contribution is -2.17. The first-order valence-electron chi connectivity index (χ1n) is 12.3. The Kier molecular flexibility index (Phi) is 6.01. The monoisotopic (exact) mass is 501 g/mol. The molecular formula is C31H24FN5O. The lowest BCUT2D eigenvalue weighted by molar-refractivity contribution is 0.102. The third-order valence-electron chi connectivity index (χ3n) is 6.44. The van der Waals surface area contributed by atoms with Crippen molar-refractivity contribution >= 4 is 22.8 Å². The lowest BCUT2D eigenvalue weighted by atomic mass is 10.0. The number of nitrogens with zero attached hydrogens (tertiary/aromatic N) is 4. The van der Waals surface area contributed by atoms with Crippen molar-refractivity contribution in [2.45, 2.75) is 13.5 Å². The Morgan fingerprint density at radius 2 is 1.53 bits per heavy atom. The Morgan fingerprint density at radius 1 is 0.842 bits per heavy atom. The van der Waals surface area contributed by atoms with Crippen LogP contribution in [0.3, 0.4) is 0 Å². The van der Waals surface area contributed by atoms with Crippen LogP contribution in [-0.4, -0.2) is 25.2 Å². The van der Waals surface area contributed by atoms with Crippen LogP contribution in [0.4, 0.5) is 10.2 Å². The summed E-state index contributed by atoms with van der Waals surface area (Å²) in [5, 5.41) is 7.61. The molecule has 2 heterocycles. The number of hydrogen-bond acceptors (Lipinski definition) is 3. The first-order chi connectivity index (χ1) is 18.6. The second-order valence-corrected chi connectivity index (χ2v) is 9.06. The fraction of sp³-hybridized carbons (Fsp3) is 0.0645. The van der Waals surface area contributed by atoms with E-state index in [1.807, 2.05) is 84.3 Å². The fourth-order valence-corrected chi connectivity index (χ4v) is 4.55. The molecular weight excluding hydrogens is 477 g/mol. The highest BCUT2D eigenvalue weighted by Gasteiger charge is 2.19. The van der Waals surface area contributed by atoms with Gasteiger partial charge in [-0.3, -0.25) is 4.79 Å². The van der Waals surface area contributed by atoms with Crippen molar-refractivity contribution in [1.82, 2.24) is 19.3 Å². The SMILES string of the molecule is Cc1cc(NC(=O)c2ccc(-c3ccccc3)cc2)n(-c2nc3ccccc3n2Cc2ccccc2F)n1. The molecule has 6 aromatic rings. The number of amides is 1. The maximum absolute atomic E-state index is 14.6. The molecule has 0 aliphatic carbocycles. The van der Waals surface area contributed by atoms with Gasteiger partial charge in [-0.25, -0.2) is 9.37 Å². The predicted octanol–water partition coefficient (Wildman–Crippen LogP) is 6.64. The van der Waals surface area contributed by atoms with Crippen LogP contribution in [-0.2, 0) is 6.54 Å². The first kappa shape index (κ1) is 23.4. The van der Waals surface area contributed by atoms with E-state index in [2.05, 4.69) is 10.4 Å². The minimum Gasteiger partial charge on any atom is -0.306 e. The van der Waals surface area contributed by atoms with Gasteiger partial charge in [-0.15, -0.1) is 0 Å². The third kappa shape index (κ3) is 4.46. The molecule has 6 rings (SSSR count). The number of hydrogen-bond donors (Lipinski definition) is 1. The molecule has 0 bridgehead atoms. The molecule has 0 saturated carbocycles. The quantitative estimate of drug-likeness (QED) is 0.278. The van der Waals surface area contributed by atoms with E-state index in [0.29, 0.717) is 28.6 Å². The van der Waals surface area contributed by atoms with E-state index in [9.17, 15) is 9.18 Å². The van der Waals surface area contributed by atoms with Crippen LogP contribution in [0.1, 0.15) is 21.6 Å². The summed E-state index contributed by atoms with van der Waals surface area (Å²) in [6.45, 7) is 2.11. The van der Waals surface area contributed by atoms with Gasteiger partial charge in [0.05, 0.1) is 23.3 Å². The van der Waals surface area contributed by atoms with Crippen molar-refractivity contribution in [3.8, 4) is 17.1 Å². The molecule has 0 aliphatic heterocycles. The van der Waals surface area contributed by atoms with E-state index < -0.39 is 0 Å². The summed E-state index contributed by atoms with van der Waals surface area (Å²) >= 11 is 0. The minimum absolute atomic E-state index is 0.260. The molecule has 38 heavy (non-hydrogen) atoms. The molecule has 0 unspecified atom stereocenters. The van der Waals surface area contributed by atoms with Gasteiger partial charge in [0.1, 0.15) is 11.6 Å². The second-order valence-electron chi connectivity index (χ2n) is 9.06. The number of nitrogens with one attached hydrogen (secondary N) is 1. The van der Waals surface area contributed by atoms with E-state index >= 15 is 0 Å². The zero-order valence-corrected chi connectivity index (χ0v) is 20.7. The summed E-state index contributed by atoms with van der Waals surface area (Å²) in [5.74, 6) is 0.407. The molecule has 186 valence electrons. The van der Waals surface area contributed by atoms with Gasteiger partial charge in [-0.05, 0) is 48.4 Å². The average Bonchev–Trinajstić information content (AvgIpc) is 3.50. The van der Waals surface area contributed by atoms with E-state index in [4.69, 9.17) is 4.98 Å². The summed E-state index contributed by atoms with van der Waals surface area (Å²) in [6.07, 6.45) is 0. The van der Waals surface area contributed by atoms with Crippen LogP contribution in [0, 0.1) is 12.7 Å². The van der Waals surface area contributed by atoms with Crippen molar-refractivity contribution in [3.63, 3.8) is 0 Å². The number of imidazole rings is 1. The summed E-state index contributed by atoms with van der Waals surface area (Å²) in [6, 6.07) is 33.6. The second kappa shape index (κ2) is 9.78. The van der Waals surface area contributed by atoms with Gasteiger partial charge in [-0.2, -0.15) is 9.78 Å². The number of benzene rings is 4. The van der Waals surface area contributed by atoms with E-state index in [1.54, 1.807) is 35.0 Å². The van der Waals surface area contributed by atoms with Crippen LogP contribution < -0.4 is 5.32 Å². The number of fused-ring (bicyclic) bond motifs is 1. The molecule has 0 saturated heterocycles. The van der Waals surface area contributed by atoms with E-state index in [1.165, 1.54) is 6.07 Å². The number of anilines is 1. The Bertz CT molecular complexity index is 1750. The summed E-state index contributed by atoms with van der Waals surface area (Å²) in [4.78, 5) is 18.0. The van der Waals surface area contributed by atoms with Crippen LogP contribution in [0.25, 0.3) is 28.1 Å². The van der Waals surface area contributed by atoms with Crippen LogP contribution in [0.5, 0.6) is 0 Å². The molecule has 0 radical (unpaired) electrons. The molecule has 0 aliphatic rings. The molecule has 0 fully saturated rings. The highest BCUT2D eigenvalue weighted by molar-refractivity contribution is 6.04. The number of aryl methyl sites for hydroxylation is 1. The summed E-state index contributed by atoms with van der Waals surface area (Å²) in [5.41, 5.74) is 5.48. The Hall–Kier alpha value is -5.04. The van der Waals surface area contributed by atoms with E-state index in [0.717, 1.165) is 22.2 Å². The van der Waals surface area contributed by atoms with Gasteiger partial charge < -0.3 is 9.88 Å². The molecule has 2 aromatic heterocycles. The Morgan fingerprint density at radius 3 is 2.32 bits per heavy atom. The molecule has 0 atom stereocenters. The fourth-order valence-electron chi connectivity index (χ4n) is 4.55. The lowest BCUT2D eigenvalue weighted by Gasteiger charge is -2.13. The summed E-state index contributed by atoms with van der Waals surface area (Å²) in [7, 11) is 0. The van der Waals surface area contributed by atoms with Gasteiger partial charge in [0.15, 0.2) is 0 Å². The van der Waals surface area contributed by atoms with Gasteiger partial charge in [-0.1, -0.05) is 72.8 Å². The minimum atomic E-state index is -0.291. The smallest absolute Gasteiger partial charge is 0.256 e. The maximum atomic E-state index is 14.6. The Labute approximate surface area is 219 Å². The van der Waals surface area contributed by atoms with Crippen molar-refractivity contribution in [3.05, 3.63) is 132 Å². The molecule has 1 amide bonds. The number of carbonyl (C=O) groups excluding carboxylic acids is 1. The number of rotatable bonds is 6. The topological polar surface area (TPSA) is 64.7 Å².